The number of hydrogen-bond donors (Lipinski definition) is 0. The molecule has 24 heavy (non-hydrogen) atoms. The lowest BCUT2D eigenvalue weighted by Gasteiger charge is -2.42. The summed E-state index contributed by atoms with van der Waals surface area (Å²) < 4.78 is 0. The summed E-state index contributed by atoms with van der Waals surface area (Å²) in [6.45, 7) is 0. The standard InChI is InChI=1S/C23H20Si/c1-3-12-20-18(8-1)10-5-14-22(20)24(16-7-17-24)23-15-6-11-19-9-2-4-13-21(19)23/h1-6,8-15H,7,16-17H2. The third kappa shape index (κ3) is 1.91. The molecule has 0 atom stereocenters. The van der Waals surface area contributed by atoms with Crippen LogP contribution >= 0.6 is 0 Å². The minimum absolute atomic E-state index is 1.37. The van der Waals surface area contributed by atoms with Crippen molar-refractivity contribution in [1.29, 1.82) is 0 Å². The first kappa shape index (κ1) is 14.0. The molecule has 0 saturated carbocycles. The Morgan fingerprint density at radius 2 is 0.958 bits per heavy atom. The molecule has 116 valence electrons. The molecule has 0 radical (unpaired) electrons. The van der Waals surface area contributed by atoms with Crippen molar-refractivity contribution in [1.82, 2.24) is 0 Å². The van der Waals surface area contributed by atoms with Gasteiger partial charge in [-0.1, -0.05) is 91.3 Å². The van der Waals surface area contributed by atoms with Crippen molar-refractivity contribution in [3.8, 4) is 0 Å². The van der Waals surface area contributed by atoms with Crippen molar-refractivity contribution in [3.05, 3.63) is 84.9 Å². The van der Waals surface area contributed by atoms with Gasteiger partial charge in [-0.15, -0.1) is 0 Å². The minimum Gasteiger partial charge on any atom is -0.0619 e. The highest BCUT2D eigenvalue weighted by atomic mass is 28.3. The quantitative estimate of drug-likeness (QED) is 0.457. The molecule has 4 aromatic carbocycles. The molecule has 0 N–H and O–H groups in total. The van der Waals surface area contributed by atoms with E-state index in [0.29, 0.717) is 0 Å². The smallest absolute Gasteiger partial charge is 0.0619 e. The predicted octanol–water partition coefficient (Wildman–Crippen LogP) is 4.96. The molecule has 0 spiro atoms. The average molecular weight is 324 g/mol. The molecule has 1 aliphatic rings. The van der Waals surface area contributed by atoms with Gasteiger partial charge in [-0.2, -0.15) is 0 Å². The number of benzene rings is 4. The fourth-order valence-electron chi connectivity index (χ4n) is 4.50. The first-order valence-corrected chi connectivity index (χ1v) is 11.3. The Morgan fingerprint density at radius 1 is 0.500 bits per heavy atom. The Hall–Kier alpha value is -2.38. The molecule has 1 aliphatic heterocycles. The van der Waals surface area contributed by atoms with Crippen LogP contribution in [0.25, 0.3) is 21.5 Å². The van der Waals surface area contributed by atoms with E-state index in [9.17, 15) is 0 Å². The van der Waals surface area contributed by atoms with Gasteiger partial charge in [0.2, 0.25) is 0 Å². The topological polar surface area (TPSA) is 0 Å². The predicted molar refractivity (Wildman–Crippen MR) is 107 cm³/mol. The van der Waals surface area contributed by atoms with Crippen molar-refractivity contribution in [2.45, 2.75) is 18.5 Å². The van der Waals surface area contributed by atoms with Gasteiger partial charge in [0.1, 0.15) is 8.07 Å². The summed E-state index contributed by atoms with van der Waals surface area (Å²) in [6, 6.07) is 34.5. The number of fused-ring (bicyclic) bond motifs is 2. The van der Waals surface area contributed by atoms with Crippen LogP contribution in [-0.2, 0) is 0 Å². The van der Waals surface area contributed by atoms with Crippen LogP contribution in [0, 0.1) is 0 Å². The zero-order valence-corrected chi connectivity index (χ0v) is 14.7. The van der Waals surface area contributed by atoms with Gasteiger partial charge in [0.05, 0.1) is 0 Å². The van der Waals surface area contributed by atoms with E-state index in [1.54, 1.807) is 10.4 Å². The van der Waals surface area contributed by atoms with E-state index in [1.807, 2.05) is 0 Å². The highest BCUT2D eigenvalue weighted by molar-refractivity contribution is 7.06. The van der Waals surface area contributed by atoms with E-state index in [1.165, 1.54) is 40.1 Å². The SMILES string of the molecule is c1ccc2c([Si]3(c4cccc5ccccc45)CCC3)cccc2c1. The largest absolute Gasteiger partial charge is 0.119 e. The van der Waals surface area contributed by atoms with Crippen molar-refractivity contribution >= 4 is 40.0 Å². The van der Waals surface area contributed by atoms with Crippen molar-refractivity contribution in [3.63, 3.8) is 0 Å². The fourth-order valence-corrected chi connectivity index (χ4v) is 9.24. The molecule has 0 unspecified atom stereocenters. The van der Waals surface area contributed by atoms with E-state index in [2.05, 4.69) is 84.9 Å². The summed E-state index contributed by atoms with van der Waals surface area (Å²) in [5.74, 6) is 0. The third-order valence-corrected chi connectivity index (χ3v) is 11.2. The van der Waals surface area contributed by atoms with Gasteiger partial charge in [-0.05, 0) is 44.0 Å². The highest BCUT2D eigenvalue weighted by Gasteiger charge is 2.44. The summed E-state index contributed by atoms with van der Waals surface area (Å²) in [4.78, 5) is 0. The molecule has 1 saturated heterocycles. The van der Waals surface area contributed by atoms with Crippen molar-refractivity contribution in [2.24, 2.45) is 0 Å². The molecule has 1 heterocycles. The highest BCUT2D eigenvalue weighted by Crippen LogP contribution is 2.35. The zero-order valence-electron chi connectivity index (χ0n) is 13.7. The molecule has 0 bridgehead atoms. The third-order valence-electron chi connectivity index (χ3n) is 5.82. The fraction of sp³-hybridized carbons (Fsp3) is 0.130. The second-order valence-electron chi connectivity index (χ2n) is 6.99. The average Bonchev–Trinajstić information content (AvgIpc) is 2.61. The normalized spacial score (nSPS) is 16.2. The molecule has 1 fully saturated rings. The molecule has 0 nitrogen and oxygen atoms in total. The maximum Gasteiger partial charge on any atom is 0.119 e. The van der Waals surface area contributed by atoms with Crippen molar-refractivity contribution < 1.29 is 0 Å². The molecule has 0 amide bonds. The molecular weight excluding hydrogens is 304 g/mol. The number of rotatable bonds is 2. The van der Waals surface area contributed by atoms with Gasteiger partial charge in [0.25, 0.3) is 0 Å². The lowest BCUT2D eigenvalue weighted by molar-refractivity contribution is 0.929. The van der Waals surface area contributed by atoms with E-state index in [4.69, 9.17) is 0 Å². The Bertz CT molecular complexity index is 952. The summed E-state index contributed by atoms with van der Waals surface area (Å²) in [5, 5.41) is 8.99. The van der Waals surface area contributed by atoms with Gasteiger partial charge < -0.3 is 0 Å². The first-order valence-electron chi connectivity index (χ1n) is 8.85. The van der Waals surface area contributed by atoms with Gasteiger partial charge in [-0.3, -0.25) is 0 Å². The monoisotopic (exact) mass is 324 g/mol. The van der Waals surface area contributed by atoms with Crippen LogP contribution < -0.4 is 10.4 Å². The molecule has 0 aliphatic carbocycles. The van der Waals surface area contributed by atoms with Crippen LogP contribution in [0.2, 0.25) is 12.1 Å². The van der Waals surface area contributed by atoms with Gasteiger partial charge in [0, 0.05) is 0 Å². The maximum atomic E-state index is 2.41. The zero-order chi connectivity index (χ0) is 16.0. The summed E-state index contributed by atoms with van der Waals surface area (Å²) in [5.41, 5.74) is 0. The van der Waals surface area contributed by atoms with E-state index in [0.717, 1.165) is 0 Å². The van der Waals surface area contributed by atoms with Gasteiger partial charge in [-0.25, -0.2) is 0 Å². The molecule has 5 rings (SSSR count). The summed E-state index contributed by atoms with van der Waals surface area (Å²) in [7, 11) is -1.62. The number of hydrogen-bond acceptors (Lipinski definition) is 0. The van der Waals surface area contributed by atoms with E-state index in [-0.39, 0.29) is 0 Å². The van der Waals surface area contributed by atoms with Crippen LogP contribution in [0.15, 0.2) is 84.9 Å². The minimum atomic E-state index is -1.62. The Morgan fingerprint density at radius 3 is 1.42 bits per heavy atom. The molecular formula is C23H20Si. The Balaban J connectivity index is 1.83. The molecule has 1 heteroatoms. The van der Waals surface area contributed by atoms with Crippen molar-refractivity contribution in [2.75, 3.05) is 0 Å². The van der Waals surface area contributed by atoms with Crippen LogP contribution in [0.3, 0.4) is 0 Å². The Labute approximate surface area is 143 Å². The summed E-state index contributed by atoms with van der Waals surface area (Å²) in [6.07, 6.45) is 1.37. The van der Waals surface area contributed by atoms with Crippen LogP contribution in [0.4, 0.5) is 0 Å². The maximum absolute atomic E-state index is 2.41. The first-order chi connectivity index (χ1) is 11.9. The van der Waals surface area contributed by atoms with Crippen LogP contribution in [0.5, 0.6) is 0 Å². The lowest BCUT2D eigenvalue weighted by Crippen LogP contribution is -2.63. The van der Waals surface area contributed by atoms with E-state index >= 15 is 0 Å². The lowest BCUT2D eigenvalue weighted by atomic mass is 10.1. The van der Waals surface area contributed by atoms with Crippen LogP contribution in [-0.4, -0.2) is 8.07 Å². The van der Waals surface area contributed by atoms with Gasteiger partial charge >= 0.3 is 0 Å². The van der Waals surface area contributed by atoms with Gasteiger partial charge in [0.15, 0.2) is 0 Å². The second kappa shape index (κ2) is 5.32. The second-order valence-corrected chi connectivity index (χ2v) is 11.2. The molecule has 0 aromatic heterocycles. The molecule has 4 aromatic rings. The summed E-state index contributed by atoms with van der Waals surface area (Å²) >= 11 is 0. The Kier molecular flexibility index (Phi) is 3.10. The van der Waals surface area contributed by atoms with Crippen LogP contribution in [0.1, 0.15) is 6.42 Å². The van der Waals surface area contributed by atoms with E-state index < -0.39 is 8.07 Å².